The van der Waals surface area contributed by atoms with E-state index >= 15 is 0 Å². The molecule has 0 atom stereocenters. The van der Waals surface area contributed by atoms with Crippen LogP contribution in [0.3, 0.4) is 0 Å². The fourth-order valence-corrected chi connectivity index (χ4v) is 2.57. The maximum atomic E-state index is 5.38. The van der Waals surface area contributed by atoms with E-state index in [1.165, 1.54) is 16.5 Å². The van der Waals surface area contributed by atoms with Gasteiger partial charge in [0.1, 0.15) is 0 Å². The summed E-state index contributed by atoms with van der Waals surface area (Å²) in [5, 5.41) is 2.32. The van der Waals surface area contributed by atoms with E-state index in [0.717, 1.165) is 23.3 Å². The van der Waals surface area contributed by atoms with Crippen molar-refractivity contribution in [2.45, 2.75) is 6.42 Å². The molecule has 21 heavy (non-hydrogen) atoms. The van der Waals surface area contributed by atoms with Gasteiger partial charge in [0, 0.05) is 0 Å². The Morgan fingerprint density at radius 1 is 0.667 bits per heavy atom. The standard InChI is InChI=1S/C19H18O2/c1-20-18-12-16-9-8-15(10-14-6-4-3-5-7-14)11-17(16)13-19(18)21-2/h3-9,11-13H,10H2,1-2H3. The number of methoxy groups -OCH3 is 2. The fourth-order valence-electron chi connectivity index (χ4n) is 2.57. The molecule has 0 N–H and O–H groups in total. The minimum atomic E-state index is 0.765. The third-order valence-corrected chi connectivity index (χ3v) is 3.66. The smallest absolute Gasteiger partial charge is 0.161 e. The molecule has 0 bridgehead atoms. The van der Waals surface area contributed by atoms with Crippen molar-refractivity contribution in [3.05, 3.63) is 71.8 Å². The van der Waals surface area contributed by atoms with Crippen LogP contribution in [0.5, 0.6) is 11.5 Å². The lowest BCUT2D eigenvalue weighted by molar-refractivity contribution is 0.356. The van der Waals surface area contributed by atoms with Crippen LogP contribution >= 0.6 is 0 Å². The number of benzene rings is 3. The molecule has 0 aliphatic rings. The summed E-state index contributed by atoms with van der Waals surface area (Å²) in [5.41, 5.74) is 2.61. The molecule has 0 amide bonds. The van der Waals surface area contributed by atoms with E-state index in [9.17, 15) is 0 Å². The van der Waals surface area contributed by atoms with Gasteiger partial charge in [-0.25, -0.2) is 0 Å². The normalized spacial score (nSPS) is 10.6. The summed E-state index contributed by atoms with van der Waals surface area (Å²) in [6, 6.07) is 21.1. The number of hydrogen-bond donors (Lipinski definition) is 0. The van der Waals surface area contributed by atoms with Crippen molar-refractivity contribution >= 4 is 10.8 Å². The van der Waals surface area contributed by atoms with E-state index in [1.54, 1.807) is 14.2 Å². The summed E-state index contributed by atoms with van der Waals surface area (Å²) in [6.45, 7) is 0. The molecule has 2 nitrogen and oxygen atoms in total. The Hall–Kier alpha value is -2.48. The maximum Gasteiger partial charge on any atom is 0.161 e. The SMILES string of the molecule is COc1cc2ccc(Cc3ccccc3)cc2cc1OC. The Morgan fingerprint density at radius 3 is 2.00 bits per heavy atom. The van der Waals surface area contributed by atoms with Gasteiger partial charge in [-0.15, -0.1) is 0 Å². The van der Waals surface area contributed by atoms with Crippen molar-refractivity contribution in [3.8, 4) is 11.5 Å². The van der Waals surface area contributed by atoms with Gasteiger partial charge in [0.15, 0.2) is 11.5 Å². The summed E-state index contributed by atoms with van der Waals surface area (Å²) in [5.74, 6) is 1.53. The second-order valence-corrected chi connectivity index (χ2v) is 5.05. The number of ether oxygens (including phenoxy) is 2. The lowest BCUT2D eigenvalue weighted by atomic mass is 10.0. The first-order valence-corrected chi connectivity index (χ1v) is 6.99. The summed E-state index contributed by atoms with van der Waals surface area (Å²) in [6.07, 6.45) is 0.936. The van der Waals surface area contributed by atoms with Crippen LogP contribution in [0.1, 0.15) is 11.1 Å². The molecule has 2 heteroatoms. The van der Waals surface area contributed by atoms with E-state index in [4.69, 9.17) is 9.47 Å². The van der Waals surface area contributed by atoms with E-state index in [1.807, 2.05) is 18.2 Å². The Morgan fingerprint density at radius 2 is 1.33 bits per heavy atom. The molecular weight excluding hydrogens is 260 g/mol. The summed E-state index contributed by atoms with van der Waals surface area (Å²) < 4.78 is 10.7. The lowest BCUT2D eigenvalue weighted by Gasteiger charge is -2.10. The quantitative estimate of drug-likeness (QED) is 0.702. The average molecular weight is 278 g/mol. The molecule has 0 saturated carbocycles. The van der Waals surface area contributed by atoms with Crippen LogP contribution in [-0.4, -0.2) is 14.2 Å². The van der Waals surface area contributed by atoms with Crippen molar-refractivity contribution in [3.63, 3.8) is 0 Å². The topological polar surface area (TPSA) is 18.5 Å². The van der Waals surface area contributed by atoms with Crippen LogP contribution in [0.4, 0.5) is 0 Å². The second kappa shape index (κ2) is 5.88. The van der Waals surface area contributed by atoms with Crippen molar-refractivity contribution < 1.29 is 9.47 Å². The summed E-state index contributed by atoms with van der Waals surface area (Å²) in [4.78, 5) is 0. The van der Waals surface area contributed by atoms with Gasteiger partial charge < -0.3 is 9.47 Å². The first-order chi connectivity index (χ1) is 10.3. The number of rotatable bonds is 4. The summed E-state index contributed by atoms with van der Waals surface area (Å²) in [7, 11) is 3.32. The third-order valence-electron chi connectivity index (χ3n) is 3.66. The molecule has 0 aliphatic heterocycles. The first-order valence-electron chi connectivity index (χ1n) is 6.99. The van der Waals surface area contributed by atoms with Gasteiger partial charge in [-0.1, -0.05) is 48.5 Å². The minimum Gasteiger partial charge on any atom is -0.493 e. The molecule has 0 aliphatic carbocycles. The molecule has 3 aromatic rings. The Kier molecular flexibility index (Phi) is 3.78. The van der Waals surface area contributed by atoms with Crippen LogP contribution < -0.4 is 9.47 Å². The van der Waals surface area contributed by atoms with Gasteiger partial charge in [-0.3, -0.25) is 0 Å². The van der Waals surface area contributed by atoms with Crippen LogP contribution in [0.2, 0.25) is 0 Å². The van der Waals surface area contributed by atoms with Crippen molar-refractivity contribution in [2.75, 3.05) is 14.2 Å². The highest BCUT2D eigenvalue weighted by Gasteiger charge is 2.06. The highest BCUT2D eigenvalue weighted by molar-refractivity contribution is 5.86. The fraction of sp³-hybridized carbons (Fsp3) is 0.158. The Balaban J connectivity index is 1.99. The van der Waals surface area contributed by atoms with Gasteiger partial charge in [0.2, 0.25) is 0 Å². The monoisotopic (exact) mass is 278 g/mol. The van der Waals surface area contributed by atoms with Gasteiger partial charge in [0.05, 0.1) is 14.2 Å². The molecule has 0 aromatic heterocycles. The highest BCUT2D eigenvalue weighted by atomic mass is 16.5. The molecule has 0 radical (unpaired) electrons. The second-order valence-electron chi connectivity index (χ2n) is 5.05. The zero-order valence-corrected chi connectivity index (χ0v) is 12.3. The zero-order valence-electron chi connectivity index (χ0n) is 12.3. The first kappa shape index (κ1) is 13.5. The Labute approximate surface area is 124 Å². The predicted molar refractivity (Wildman–Crippen MR) is 86.3 cm³/mol. The molecule has 0 heterocycles. The van der Waals surface area contributed by atoms with Crippen LogP contribution in [0.25, 0.3) is 10.8 Å². The highest BCUT2D eigenvalue weighted by Crippen LogP contribution is 2.32. The largest absolute Gasteiger partial charge is 0.493 e. The minimum absolute atomic E-state index is 0.765. The molecule has 0 unspecified atom stereocenters. The van der Waals surface area contributed by atoms with Crippen molar-refractivity contribution in [2.24, 2.45) is 0 Å². The van der Waals surface area contributed by atoms with Crippen molar-refractivity contribution in [1.29, 1.82) is 0 Å². The zero-order chi connectivity index (χ0) is 14.7. The third kappa shape index (κ3) is 2.84. The summed E-state index contributed by atoms with van der Waals surface area (Å²) >= 11 is 0. The van der Waals surface area contributed by atoms with Crippen LogP contribution in [0.15, 0.2) is 60.7 Å². The Bertz CT molecular complexity index is 748. The molecule has 0 saturated heterocycles. The average Bonchev–Trinajstić information content (AvgIpc) is 2.54. The molecule has 3 rings (SSSR count). The van der Waals surface area contributed by atoms with Crippen LogP contribution in [0, 0.1) is 0 Å². The van der Waals surface area contributed by atoms with Gasteiger partial charge in [-0.2, -0.15) is 0 Å². The molecular formula is C19H18O2. The van der Waals surface area contributed by atoms with E-state index in [-0.39, 0.29) is 0 Å². The molecule has 0 spiro atoms. The lowest BCUT2D eigenvalue weighted by Crippen LogP contribution is -1.92. The van der Waals surface area contributed by atoms with Gasteiger partial charge in [0.25, 0.3) is 0 Å². The van der Waals surface area contributed by atoms with Crippen LogP contribution in [-0.2, 0) is 6.42 Å². The van der Waals surface area contributed by atoms with E-state index < -0.39 is 0 Å². The molecule has 106 valence electrons. The van der Waals surface area contributed by atoms with E-state index in [0.29, 0.717) is 0 Å². The van der Waals surface area contributed by atoms with E-state index in [2.05, 4.69) is 42.5 Å². The predicted octanol–water partition coefficient (Wildman–Crippen LogP) is 4.45. The number of fused-ring (bicyclic) bond motifs is 1. The van der Waals surface area contributed by atoms with Crippen molar-refractivity contribution in [1.82, 2.24) is 0 Å². The maximum absolute atomic E-state index is 5.38. The molecule has 0 fully saturated rings. The van der Waals surface area contributed by atoms with Gasteiger partial charge >= 0.3 is 0 Å². The number of hydrogen-bond acceptors (Lipinski definition) is 2. The molecule has 3 aromatic carbocycles. The van der Waals surface area contributed by atoms with Gasteiger partial charge in [-0.05, 0) is 40.5 Å².